The summed E-state index contributed by atoms with van der Waals surface area (Å²) in [6, 6.07) is 1.58. The second-order valence-electron chi connectivity index (χ2n) is 3.56. The largest absolute Gasteiger partial charge is 0.397 e. The van der Waals surface area contributed by atoms with Gasteiger partial charge in [-0.1, -0.05) is 0 Å². The molecule has 16 heavy (non-hydrogen) atoms. The highest BCUT2D eigenvalue weighted by atomic mass is 16.2. The molecule has 1 aromatic heterocycles. The number of nitrogens with two attached hydrogens (primary N) is 2. The van der Waals surface area contributed by atoms with Gasteiger partial charge in [0.1, 0.15) is 5.69 Å². The van der Waals surface area contributed by atoms with Gasteiger partial charge >= 0.3 is 0 Å². The molecule has 4 N–H and O–H groups in total. The second kappa shape index (κ2) is 4.69. The monoisotopic (exact) mass is 224 g/mol. The normalized spacial score (nSPS) is 10.1. The van der Waals surface area contributed by atoms with Crippen LogP contribution >= 0.6 is 0 Å². The van der Waals surface area contributed by atoms with Gasteiger partial charge in [-0.25, -0.2) is 0 Å². The summed E-state index contributed by atoms with van der Waals surface area (Å²) in [5.74, 6) is -0.780. The van der Waals surface area contributed by atoms with Crippen LogP contribution in [-0.2, 0) is 11.8 Å². The van der Waals surface area contributed by atoms with Crippen molar-refractivity contribution in [2.45, 2.75) is 6.92 Å². The molecule has 2 amide bonds. The van der Waals surface area contributed by atoms with E-state index in [4.69, 9.17) is 11.5 Å². The number of aromatic nitrogens is 1. The lowest BCUT2D eigenvalue weighted by Crippen LogP contribution is -2.38. The molecule has 0 fully saturated rings. The van der Waals surface area contributed by atoms with Crippen LogP contribution in [0.15, 0.2) is 12.3 Å². The average molecular weight is 224 g/mol. The molecule has 88 valence electrons. The predicted octanol–water partition coefficient (Wildman–Crippen LogP) is -0.445. The molecular formula is C10H16N4O2. The Morgan fingerprint density at radius 2 is 2.12 bits per heavy atom. The van der Waals surface area contributed by atoms with Crippen LogP contribution in [0.3, 0.4) is 0 Å². The topological polar surface area (TPSA) is 94.3 Å². The molecule has 1 aromatic rings. The first-order valence-electron chi connectivity index (χ1n) is 4.95. The highest BCUT2D eigenvalue weighted by molar-refractivity contribution is 5.95. The Labute approximate surface area is 93.8 Å². The number of anilines is 1. The van der Waals surface area contributed by atoms with E-state index in [1.165, 1.54) is 4.90 Å². The van der Waals surface area contributed by atoms with E-state index in [0.717, 1.165) is 0 Å². The van der Waals surface area contributed by atoms with Gasteiger partial charge in [0.05, 0.1) is 12.2 Å². The van der Waals surface area contributed by atoms with E-state index in [9.17, 15) is 9.59 Å². The van der Waals surface area contributed by atoms with Crippen molar-refractivity contribution in [2.24, 2.45) is 12.8 Å². The second-order valence-corrected chi connectivity index (χ2v) is 3.56. The molecule has 0 aliphatic carbocycles. The smallest absolute Gasteiger partial charge is 0.271 e. The lowest BCUT2D eigenvalue weighted by Gasteiger charge is -2.19. The number of primary amides is 1. The fourth-order valence-corrected chi connectivity index (χ4v) is 1.48. The molecule has 0 aliphatic rings. The van der Waals surface area contributed by atoms with Crippen LogP contribution in [0.5, 0.6) is 0 Å². The van der Waals surface area contributed by atoms with Crippen molar-refractivity contribution < 1.29 is 9.59 Å². The Morgan fingerprint density at radius 1 is 1.50 bits per heavy atom. The first-order valence-corrected chi connectivity index (χ1v) is 4.95. The molecule has 0 unspecified atom stereocenters. The quantitative estimate of drug-likeness (QED) is 0.725. The Morgan fingerprint density at radius 3 is 2.50 bits per heavy atom. The van der Waals surface area contributed by atoms with Crippen molar-refractivity contribution in [3.05, 3.63) is 18.0 Å². The minimum Gasteiger partial charge on any atom is -0.397 e. The summed E-state index contributed by atoms with van der Waals surface area (Å²) < 4.78 is 1.63. The number of nitrogen functional groups attached to an aromatic ring is 1. The van der Waals surface area contributed by atoms with Crippen LogP contribution in [0, 0.1) is 0 Å². The molecular weight excluding hydrogens is 208 g/mol. The highest BCUT2D eigenvalue weighted by Crippen LogP contribution is 2.11. The number of hydrogen-bond acceptors (Lipinski definition) is 3. The lowest BCUT2D eigenvalue weighted by atomic mass is 10.3. The number of nitrogens with zero attached hydrogens (tertiary/aromatic N) is 2. The van der Waals surface area contributed by atoms with Crippen LogP contribution in [0.1, 0.15) is 17.4 Å². The number of amides is 2. The van der Waals surface area contributed by atoms with Gasteiger partial charge in [0.25, 0.3) is 5.91 Å². The molecule has 0 aliphatic heterocycles. The van der Waals surface area contributed by atoms with Crippen LogP contribution in [-0.4, -0.2) is 34.4 Å². The summed E-state index contributed by atoms with van der Waals surface area (Å²) in [5.41, 5.74) is 11.6. The summed E-state index contributed by atoms with van der Waals surface area (Å²) in [5, 5.41) is 0. The number of carbonyl (C=O) groups excluding carboxylic acids is 2. The van der Waals surface area contributed by atoms with E-state index in [-0.39, 0.29) is 12.5 Å². The maximum atomic E-state index is 12.0. The molecule has 1 heterocycles. The molecule has 0 spiro atoms. The number of rotatable bonds is 4. The SMILES string of the molecule is CCN(CC(N)=O)C(=O)c1cc(N)cn1C. The standard InChI is InChI=1S/C10H16N4O2/c1-3-14(6-9(12)15)10(16)8-4-7(11)5-13(8)2/h4-5H,3,6,11H2,1-2H3,(H2,12,15). The molecule has 6 heteroatoms. The van der Waals surface area contributed by atoms with Crippen molar-refractivity contribution in [1.29, 1.82) is 0 Å². The molecule has 0 bridgehead atoms. The van der Waals surface area contributed by atoms with Gasteiger partial charge in [-0.05, 0) is 13.0 Å². The van der Waals surface area contributed by atoms with Crippen LogP contribution in [0.2, 0.25) is 0 Å². The van der Waals surface area contributed by atoms with Gasteiger partial charge < -0.3 is 20.9 Å². The molecule has 6 nitrogen and oxygen atoms in total. The van der Waals surface area contributed by atoms with Gasteiger partial charge in [-0.2, -0.15) is 0 Å². The third-order valence-electron chi connectivity index (χ3n) is 2.26. The molecule has 0 aromatic carbocycles. The Balaban J connectivity index is 2.91. The Kier molecular flexibility index (Phi) is 3.55. The van der Waals surface area contributed by atoms with Crippen LogP contribution < -0.4 is 11.5 Å². The van der Waals surface area contributed by atoms with Gasteiger partial charge in [0, 0.05) is 19.8 Å². The van der Waals surface area contributed by atoms with E-state index in [2.05, 4.69) is 0 Å². The number of aryl methyl sites for hydroxylation is 1. The number of carbonyl (C=O) groups is 2. The number of likely N-dealkylation sites (N-methyl/N-ethyl adjacent to an activating group) is 1. The van der Waals surface area contributed by atoms with E-state index in [0.29, 0.717) is 17.9 Å². The fraction of sp³-hybridized carbons (Fsp3) is 0.400. The Bertz CT molecular complexity index is 411. The van der Waals surface area contributed by atoms with Gasteiger partial charge in [0.15, 0.2) is 0 Å². The van der Waals surface area contributed by atoms with Crippen LogP contribution in [0.4, 0.5) is 5.69 Å². The molecule has 0 atom stereocenters. The first-order chi connectivity index (χ1) is 7.45. The summed E-state index contributed by atoms with van der Waals surface area (Å²) >= 11 is 0. The summed E-state index contributed by atoms with van der Waals surface area (Å²) in [7, 11) is 1.72. The van der Waals surface area contributed by atoms with Crippen molar-refractivity contribution in [2.75, 3.05) is 18.8 Å². The molecule has 0 saturated carbocycles. The zero-order chi connectivity index (χ0) is 12.3. The highest BCUT2D eigenvalue weighted by Gasteiger charge is 2.18. The minimum absolute atomic E-state index is 0.0829. The van der Waals surface area contributed by atoms with E-state index in [1.807, 2.05) is 0 Å². The first kappa shape index (κ1) is 12.1. The summed E-state index contributed by atoms with van der Waals surface area (Å²) in [6.45, 7) is 2.13. The van der Waals surface area contributed by atoms with Crippen molar-refractivity contribution >= 4 is 17.5 Å². The molecule has 1 rings (SSSR count). The maximum Gasteiger partial charge on any atom is 0.271 e. The van der Waals surface area contributed by atoms with E-state index < -0.39 is 5.91 Å². The maximum absolute atomic E-state index is 12.0. The molecule has 0 radical (unpaired) electrons. The van der Waals surface area contributed by atoms with Crippen molar-refractivity contribution in [1.82, 2.24) is 9.47 Å². The number of hydrogen-bond donors (Lipinski definition) is 2. The predicted molar refractivity (Wildman–Crippen MR) is 60.6 cm³/mol. The van der Waals surface area contributed by atoms with E-state index >= 15 is 0 Å². The third-order valence-corrected chi connectivity index (χ3v) is 2.26. The average Bonchev–Trinajstić information content (AvgIpc) is 2.53. The summed E-state index contributed by atoms with van der Waals surface area (Å²) in [4.78, 5) is 24.2. The van der Waals surface area contributed by atoms with Gasteiger partial charge in [-0.3, -0.25) is 9.59 Å². The lowest BCUT2D eigenvalue weighted by molar-refractivity contribution is -0.118. The minimum atomic E-state index is -0.530. The van der Waals surface area contributed by atoms with E-state index in [1.54, 1.807) is 30.8 Å². The fourth-order valence-electron chi connectivity index (χ4n) is 1.48. The van der Waals surface area contributed by atoms with Gasteiger partial charge in [0.2, 0.25) is 5.91 Å². The zero-order valence-corrected chi connectivity index (χ0v) is 9.43. The third kappa shape index (κ3) is 2.53. The Hall–Kier alpha value is -1.98. The molecule has 0 saturated heterocycles. The van der Waals surface area contributed by atoms with Crippen molar-refractivity contribution in [3.63, 3.8) is 0 Å². The zero-order valence-electron chi connectivity index (χ0n) is 9.43. The van der Waals surface area contributed by atoms with Crippen LogP contribution in [0.25, 0.3) is 0 Å². The van der Waals surface area contributed by atoms with Crippen molar-refractivity contribution in [3.8, 4) is 0 Å². The summed E-state index contributed by atoms with van der Waals surface area (Å²) in [6.07, 6.45) is 1.64. The van der Waals surface area contributed by atoms with Gasteiger partial charge in [-0.15, -0.1) is 0 Å².